The number of ether oxygens (including phenoxy) is 1. The van der Waals surface area contributed by atoms with Crippen LogP contribution in [-0.2, 0) is 29.5 Å². The second-order valence-electron chi connectivity index (χ2n) is 8.95. The Balaban J connectivity index is 1.63. The summed E-state index contributed by atoms with van der Waals surface area (Å²) in [6, 6.07) is 11.0. The lowest BCUT2D eigenvalue weighted by Crippen LogP contribution is -2.43. The molecule has 2 aromatic carbocycles. The van der Waals surface area contributed by atoms with E-state index in [4.69, 9.17) is 4.74 Å². The zero-order chi connectivity index (χ0) is 23.4. The number of aliphatic hydroxyl groups excluding tert-OH is 1. The first-order chi connectivity index (χ1) is 16.0. The minimum absolute atomic E-state index is 0.0770. The average molecular weight is 490 g/mol. The van der Waals surface area contributed by atoms with E-state index in [2.05, 4.69) is 13.0 Å². The molecule has 2 aliphatic heterocycles. The molecule has 0 spiro atoms. The van der Waals surface area contributed by atoms with Gasteiger partial charge < -0.3 is 9.84 Å². The highest BCUT2D eigenvalue weighted by Crippen LogP contribution is 2.38. The maximum atomic E-state index is 13.9. The largest absolute Gasteiger partial charge is 0.492 e. The zero-order valence-electron chi connectivity index (χ0n) is 19.6. The van der Waals surface area contributed by atoms with Crippen LogP contribution < -0.4 is 9.04 Å². The average Bonchev–Trinajstić information content (AvgIpc) is 2.86. The number of aryl methyl sites for hydroxylation is 2. The molecule has 2 aromatic rings. The number of aliphatic hydroxyl groups is 1. The minimum Gasteiger partial charge on any atom is -0.492 e. The molecular formula is C26H35NO4S2. The van der Waals surface area contributed by atoms with E-state index in [-0.39, 0.29) is 17.5 Å². The highest BCUT2D eigenvalue weighted by Gasteiger charge is 2.35. The Kier molecular flexibility index (Phi) is 7.92. The summed E-state index contributed by atoms with van der Waals surface area (Å²) in [6.45, 7) is 4.48. The van der Waals surface area contributed by atoms with Gasteiger partial charge in [-0.15, -0.1) is 0 Å². The lowest BCUT2D eigenvalue weighted by molar-refractivity contribution is 0.260. The van der Waals surface area contributed by atoms with Gasteiger partial charge in [0.05, 0.1) is 17.2 Å². The molecule has 0 radical (unpaired) electrons. The van der Waals surface area contributed by atoms with Crippen molar-refractivity contribution < 1.29 is 18.3 Å². The van der Waals surface area contributed by atoms with Gasteiger partial charge in [-0.25, -0.2) is 8.42 Å². The summed E-state index contributed by atoms with van der Waals surface area (Å²) in [5, 5.41) is 10.4. The van der Waals surface area contributed by atoms with Crippen LogP contribution in [0.4, 0.5) is 5.69 Å². The Morgan fingerprint density at radius 3 is 2.67 bits per heavy atom. The molecule has 7 heteroatoms. The van der Waals surface area contributed by atoms with Crippen LogP contribution in [-0.4, -0.2) is 37.2 Å². The number of hydrogen-bond acceptors (Lipinski definition) is 5. The third-order valence-electron chi connectivity index (χ3n) is 6.80. The molecule has 1 fully saturated rings. The highest BCUT2D eigenvalue weighted by molar-refractivity contribution is 7.99. The molecule has 33 heavy (non-hydrogen) atoms. The molecule has 2 unspecified atom stereocenters. The number of hydrogen-bond donors (Lipinski definition) is 1. The van der Waals surface area contributed by atoms with Crippen LogP contribution in [0.1, 0.15) is 62.6 Å². The fourth-order valence-corrected chi connectivity index (χ4v) is 7.87. The van der Waals surface area contributed by atoms with Gasteiger partial charge >= 0.3 is 0 Å². The van der Waals surface area contributed by atoms with Crippen LogP contribution in [0.3, 0.4) is 0 Å². The second-order valence-corrected chi connectivity index (χ2v) is 12.2. The van der Waals surface area contributed by atoms with E-state index in [9.17, 15) is 13.5 Å². The van der Waals surface area contributed by atoms with Gasteiger partial charge in [0.2, 0.25) is 0 Å². The van der Waals surface area contributed by atoms with Crippen molar-refractivity contribution in [2.24, 2.45) is 0 Å². The van der Waals surface area contributed by atoms with Gasteiger partial charge in [0.1, 0.15) is 12.4 Å². The number of thioether (sulfide) groups is 1. The van der Waals surface area contributed by atoms with Crippen molar-refractivity contribution >= 4 is 27.5 Å². The third-order valence-corrected chi connectivity index (χ3v) is 10.0. The van der Waals surface area contributed by atoms with Crippen LogP contribution in [0.15, 0.2) is 41.3 Å². The fourth-order valence-electron chi connectivity index (χ4n) is 4.82. The Morgan fingerprint density at radius 2 is 1.97 bits per heavy atom. The van der Waals surface area contributed by atoms with Crippen molar-refractivity contribution in [1.82, 2.24) is 0 Å². The summed E-state index contributed by atoms with van der Waals surface area (Å²) in [7, 11) is -3.78. The van der Waals surface area contributed by atoms with Gasteiger partial charge in [-0.3, -0.25) is 4.31 Å². The monoisotopic (exact) mass is 489 g/mol. The quantitative estimate of drug-likeness (QED) is 0.543. The van der Waals surface area contributed by atoms with E-state index < -0.39 is 10.0 Å². The maximum absolute atomic E-state index is 13.9. The zero-order valence-corrected chi connectivity index (χ0v) is 21.3. The van der Waals surface area contributed by atoms with Crippen LogP contribution in [0, 0.1) is 0 Å². The summed E-state index contributed by atoms with van der Waals surface area (Å²) in [4.78, 5) is 0.205. The molecule has 2 aliphatic rings. The summed E-state index contributed by atoms with van der Waals surface area (Å²) < 4.78 is 35.3. The molecule has 1 N–H and O–H groups in total. The molecule has 2 heterocycles. The van der Waals surface area contributed by atoms with Crippen molar-refractivity contribution in [2.45, 2.75) is 81.6 Å². The summed E-state index contributed by atoms with van der Waals surface area (Å²) in [6.07, 6.45) is 7.00. The Hall–Kier alpha value is -1.70. The molecule has 0 amide bonds. The topological polar surface area (TPSA) is 66.8 Å². The molecular weight excluding hydrogens is 454 g/mol. The Morgan fingerprint density at radius 1 is 1.12 bits per heavy atom. The SMILES string of the molecule is CCc1ccc2c(c1)CCC(CC)N2S(=O)(=O)c1ccc(OCC2CCCCS2)c(CO)c1. The van der Waals surface area contributed by atoms with Crippen molar-refractivity contribution in [3.8, 4) is 5.75 Å². The Labute approximate surface area is 202 Å². The summed E-state index contributed by atoms with van der Waals surface area (Å²) in [5.41, 5.74) is 3.62. The van der Waals surface area contributed by atoms with Gasteiger partial charge in [-0.05, 0) is 79.7 Å². The lowest BCUT2D eigenvalue weighted by Gasteiger charge is -2.37. The molecule has 2 atom stereocenters. The van der Waals surface area contributed by atoms with Gasteiger partial charge in [-0.1, -0.05) is 32.4 Å². The summed E-state index contributed by atoms with van der Waals surface area (Å²) in [5.74, 6) is 1.73. The first kappa shape index (κ1) is 24.4. The third kappa shape index (κ3) is 5.20. The maximum Gasteiger partial charge on any atom is 0.264 e. The molecule has 4 rings (SSSR count). The van der Waals surface area contributed by atoms with E-state index in [1.165, 1.54) is 18.4 Å². The Bertz CT molecular complexity index is 1060. The van der Waals surface area contributed by atoms with Crippen LogP contribution in [0.2, 0.25) is 0 Å². The van der Waals surface area contributed by atoms with Gasteiger partial charge in [-0.2, -0.15) is 11.8 Å². The standard InChI is InChI=1S/C26H35NO4S2/c1-3-19-8-12-25-20(15-19)9-10-22(4-2)27(25)33(29,30)24-11-13-26(21(16-24)17-28)31-18-23-7-5-6-14-32-23/h8,11-13,15-16,22-23,28H,3-7,9-10,14,17-18H2,1-2H3. The number of benzene rings is 2. The van der Waals surface area contributed by atoms with Gasteiger partial charge in [0.25, 0.3) is 10.0 Å². The number of nitrogens with zero attached hydrogens (tertiary/aromatic N) is 1. The van der Waals surface area contributed by atoms with E-state index >= 15 is 0 Å². The molecule has 0 aromatic heterocycles. The van der Waals surface area contributed by atoms with E-state index in [0.717, 1.165) is 49.1 Å². The molecule has 180 valence electrons. The number of sulfonamides is 1. The predicted molar refractivity (Wildman–Crippen MR) is 136 cm³/mol. The summed E-state index contributed by atoms with van der Waals surface area (Å²) >= 11 is 1.93. The van der Waals surface area contributed by atoms with E-state index in [1.807, 2.05) is 30.8 Å². The molecule has 0 bridgehead atoms. The van der Waals surface area contributed by atoms with Crippen molar-refractivity contribution in [3.63, 3.8) is 0 Å². The smallest absolute Gasteiger partial charge is 0.264 e. The van der Waals surface area contributed by atoms with Gasteiger partial charge in [0.15, 0.2) is 0 Å². The first-order valence-electron chi connectivity index (χ1n) is 12.1. The molecule has 1 saturated heterocycles. The molecule has 0 saturated carbocycles. The van der Waals surface area contributed by atoms with E-state index in [1.54, 1.807) is 22.5 Å². The van der Waals surface area contributed by atoms with Gasteiger partial charge in [0, 0.05) is 16.9 Å². The normalized spacial score (nSPS) is 21.0. The number of anilines is 1. The number of fused-ring (bicyclic) bond motifs is 1. The predicted octanol–water partition coefficient (Wildman–Crippen LogP) is 5.33. The highest BCUT2D eigenvalue weighted by atomic mass is 32.2. The minimum atomic E-state index is -3.78. The second kappa shape index (κ2) is 10.7. The fraction of sp³-hybridized carbons (Fsp3) is 0.538. The lowest BCUT2D eigenvalue weighted by atomic mass is 9.94. The molecule has 0 aliphatic carbocycles. The first-order valence-corrected chi connectivity index (χ1v) is 14.6. The number of rotatable bonds is 8. The van der Waals surface area contributed by atoms with Crippen molar-refractivity contribution in [2.75, 3.05) is 16.7 Å². The molecule has 5 nitrogen and oxygen atoms in total. The van der Waals surface area contributed by atoms with Crippen LogP contribution >= 0.6 is 11.8 Å². The van der Waals surface area contributed by atoms with Crippen LogP contribution in [0.25, 0.3) is 0 Å². The van der Waals surface area contributed by atoms with Crippen LogP contribution in [0.5, 0.6) is 5.75 Å². The van der Waals surface area contributed by atoms with Crippen molar-refractivity contribution in [1.29, 1.82) is 0 Å². The van der Waals surface area contributed by atoms with Crippen molar-refractivity contribution in [3.05, 3.63) is 53.1 Å². The van der Waals surface area contributed by atoms with E-state index in [0.29, 0.717) is 23.2 Å².